The van der Waals surface area contributed by atoms with Crippen molar-refractivity contribution in [2.45, 2.75) is 49.7 Å². The van der Waals surface area contributed by atoms with Crippen LogP contribution in [0.5, 0.6) is 0 Å². The highest BCUT2D eigenvalue weighted by Gasteiger charge is 2.39. The molecule has 3 amide bonds. The fraction of sp³-hybridized carbons (Fsp3) is 0.304. The number of anilines is 1. The third-order valence-electron chi connectivity index (χ3n) is 11.1. The van der Waals surface area contributed by atoms with Crippen LogP contribution < -0.4 is 5.32 Å². The molecule has 2 aromatic heterocycles. The van der Waals surface area contributed by atoms with Gasteiger partial charge in [-0.15, -0.1) is 0 Å². The van der Waals surface area contributed by atoms with Gasteiger partial charge in [0.1, 0.15) is 37.9 Å². The SMILES string of the molecule is CN(C)C(C(=O)N1CCCC1C(=O)Nc1cccc(-c2ncc(-c3ccc4nc(C5CCCN5C(=O)C(C=[N+](C)C)c5ccccc5)[nH]c4c3)o2)c1)c1ccccc1. The van der Waals surface area contributed by atoms with E-state index < -0.39 is 12.1 Å². The number of amides is 3. The Balaban J connectivity index is 0.964. The summed E-state index contributed by atoms with van der Waals surface area (Å²) in [6.07, 6.45) is 6.74. The van der Waals surface area contributed by atoms with Crippen molar-refractivity contribution in [3.8, 4) is 22.8 Å². The second-order valence-electron chi connectivity index (χ2n) is 15.6. The van der Waals surface area contributed by atoms with Gasteiger partial charge in [0.2, 0.25) is 23.6 Å². The number of aromatic nitrogens is 3. The summed E-state index contributed by atoms with van der Waals surface area (Å²) in [5.74, 6) is 1.13. The smallest absolute Gasteiger partial charge is 0.247 e. The van der Waals surface area contributed by atoms with Crippen molar-refractivity contribution in [3.63, 3.8) is 0 Å². The normalized spacial score (nSPS) is 17.7. The molecule has 0 bridgehead atoms. The van der Waals surface area contributed by atoms with Gasteiger partial charge in [-0.2, -0.15) is 0 Å². The number of imidazole rings is 1. The molecule has 2 fully saturated rings. The first-order valence-corrected chi connectivity index (χ1v) is 19.9. The Hall–Kier alpha value is -6.40. The van der Waals surface area contributed by atoms with Crippen molar-refractivity contribution in [3.05, 3.63) is 126 Å². The maximum atomic E-state index is 14.1. The molecule has 8 rings (SSSR count). The quantitative estimate of drug-likeness (QED) is 0.108. The average molecular weight is 778 g/mol. The zero-order valence-electron chi connectivity index (χ0n) is 33.3. The first-order chi connectivity index (χ1) is 28.1. The number of hydrogen-bond acceptors (Lipinski definition) is 7. The molecule has 4 atom stereocenters. The van der Waals surface area contributed by atoms with Gasteiger partial charge < -0.3 is 24.5 Å². The number of carbonyl (C=O) groups is 3. The van der Waals surface area contributed by atoms with Crippen LogP contribution in [0, 0.1) is 0 Å². The molecule has 12 nitrogen and oxygen atoms in total. The van der Waals surface area contributed by atoms with Gasteiger partial charge in [-0.3, -0.25) is 19.3 Å². The number of carbonyl (C=O) groups excluding carboxylic acids is 3. The van der Waals surface area contributed by atoms with E-state index in [1.165, 1.54) is 0 Å². The van der Waals surface area contributed by atoms with E-state index in [1.807, 2.05) is 152 Å². The van der Waals surface area contributed by atoms with E-state index in [1.54, 1.807) is 11.1 Å². The third-order valence-corrected chi connectivity index (χ3v) is 11.1. The number of hydrogen-bond donors (Lipinski definition) is 2. The standard InChI is InChI=1S/C46H48N8O4/c1-51(2)29-35(30-14-7-5-8-15-30)45(56)53-24-12-20-38(53)42-49-36-23-22-32(27-37(36)50-42)40-28-47-44(58-40)33-18-11-19-34(26-33)48-43(55)39-21-13-25-54(39)46(57)41(52(3)4)31-16-9-6-10-17-31/h5-11,14-19,22-23,26-29,35,38-39,41H,12-13,20-21,24-25H2,1-4H3,(H-,48,49,50,55)/p+1. The number of rotatable bonds is 11. The van der Waals surface area contributed by atoms with Gasteiger partial charge in [0.05, 0.1) is 23.3 Å². The molecule has 296 valence electrons. The number of likely N-dealkylation sites (tertiary alicyclic amines) is 2. The van der Waals surface area contributed by atoms with E-state index in [0.717, 1.165) is 52.8 Å². The summed E-state index contributed by atoms with van der Waals surface area (Å²) < 4.78 is 8.22. The number of H-pyrrole nitrogens is 1. The molecule has 58 heavy (non-hydrogen) atoms. The third kappa shape index (κ3) is 7.92. The molecule has 0 aliphatic carbocycles. The average Bonchev–Trinajstić information content (AvgIpc) is 4.07. The largest absolute Gasteiger partial charge is 0.436 e. The maximum Gasteiger partial charge on any atom is 0.247 e. The molecule has 4 heterocycles. The Morgan fingerprint density at radius 2 is 1.57 bits per heavy atom. The first kappa shape index (κ1) is 38.5. The van der Waals surface area contributed by atoms with E-state index in [0.29, 0.717) is 42.4 Å². The Kier molecular flexibility index (Phi) is 11.0. The van der Waals surface area contributed by atoms with Crippen LogP contribution in [0.15, 0.2) is 114 Å². The minimum atomic E-state index is -0.571. The number of nitrogens with one attached hydrogen (secondary N) is 2. The van der Waals surface area contributed by atoms with Crippen molar-refractivity contribution < 1.29 is 23.4 Å². The molecule has 2 N–H and O–H groups in total. The lowest BCUT2D eigenvalue weighted by atomic mass is 9.98. The molecule has 0 radical (unpaired) electrons. The molecule has 0 saturated carbocycles. The summed E-state index contributed by atoms with van der Waals surface area (Å²) in [6.45, 7) is 1.20. The molecule has 4 unspecified atom stereocenters. The Labute approximate surface area is 338 Å². The minimum Gasteiger partial charge on any atom is -0.436 e. The molecule has 2 aliphatic heterocycles. The second-order valence-corrected chi connectivity index (χ2v) is 15.6. The van der Waals surface area contributed by atoms with E-state index in [9.17, 15) is 14.4 Å². The van der Waals surface area contributed by atoms with Crippen molar-refractivity contribution in [2.24, 2.45) is 0 Å². The molecular formula is C46H49N8O4+. The van der Waals surface area contributed by atoms with E-state index >= 15 is 0 Å². The lowest BCUT2D eigenvalue weighted by molar-refractivity contribution is -0.460. The molecule has 2 saturated heterocycles. The summed E-state index contributed by atoms with van der Waals surface area (Å²) in [4.78, 5) is 60.2. The van der Waals surface area contributed by atoms with Crippen LogP contribution in [0.2, 0.25) is 0 Å². The van der Waals surface area contributed by atoms with Gasteiger partial charge in [-0.25, -0.2) is 14.5 Å². The first-order valence-electron chi connectivity index (χ1n) is 19.9. The Morgan fingerprint density at radius 3 is 2.31 bits per heavy atom. The van der Waals surface area contributed by atoms with Crippen molar-refractivity contribution in [2.75, 3.05) is 46.6 Å². The topological polar surface area (TPSA) is 131 Å². The maximum absolute atomic E-state index is 14.1. The van der Waals surface area contributed by atoms with E-state index in [4.69, 9.17) is 9.40 Å². The minimum absolute atomic E-state index is 0.0639. The molecule has 0 spiro atoms. The summed E-state index contributed by atoms with van der Waals surface area (Å²) in [6, 6.07) is 31.7. The van der Waals surface area contributed by atoms with Crippen LogP contribution in [0.4, 0.5) is 5.69 Å². The highest BCUT2D eigenvalue weighted by molar-refractivity contribution is 5.99. The molecule has 2 aliphatic rings. The lowest BCUT2D eigenvalue weighted by Gasteiger charge is -2.31. The monoisotopic (exact) mass is 777 g/mol. The van der Waals surface area contributed by atoms with Gasteiger partial charge in [0.15, 0.2) is 12.0 Å². The van der Waals surface area contributed by atoms with Crippen LogP contribution in [0.1, 0.15) is 60.6 Å². The Morgan fingerprint density at radius 1 is 0.845 bits per heavy atom. The van der Waals surface area contributed by atoms with Crippen LogP contribution in [0.25, 0.3) is 33.8 Å². The summed E-state index contributed by atoms with van der Waals surface area (Å²) >= 11 is 0. The van der Waals surface area contributed by atoms with Gasteiger partial charge in [0.25, 0.3) is 0 Å². The highest BCUT2D eigenvalue weighted by Crippen LogP contribution is 2.36. The van der Waals surface area contributed by atoms with E-state index in [-0.39, 0.29) is 29.7 Å². The number of likely N-dealkylation sites (N-methyl/N-ethyl adjacent to an activating group) is 1. The van der Waals surface area contributed by atoms with E-state index in [2.05, 4.69) is 15.3 Å². The van der Waals surface area contributed by atoms with Crippen molar-refractivity contribution >= 4 is 40.7 Å². The van der Waals surface area contributed by atoms with Gasteiger partial charge >= 0.3 is 0 Å². The van der Waals surface area contributed by atoms with Crippen LogP contribution in [0.3, 0.4) is 0 Å². The summed E-state index contributed by atoms with van der Waals surface area (Å²) in [5.41, 5.74) is 5.63. The van der Waals surface area contributed by atoms with Gasteiger partial charge in [-0.05, 0) is 87.3 Å². The summed E-state index contributed by atoms with van der Waals surface area (Å²) in [5, 5.41) is 3.05. The number of aromatic amines is 1. The lowest BCUT2D eigenvalue weighted by Crippen LogP contribution is -2.47. The Bertz CT molecular complexity index is 2450. The zero-order chi connectivity index (χ0) is 40.3. The number of fused-ring (bicyclic) bond motifs is 1. The van der Waals surface area contributed by atoms with Crippen molar-refractivity contribution in [1.29, 1.82) is 0 Å². The van der Waals surface area contributed by atoms with Crippen LogP contribution in [-0.2, 0) is 14.4 Å². The van der Waals surface area contributed by atoms with Crippen LogP contribution in [-0.4, -0.2) is 105 Å². The van der Waals surface area contributed by atoms with Crippen molar-refractivity contribution in [1.82, 2.24) is 29.7 Å². The predicted octanol–water partition coefficient (Wildman–Crippen LogP) is 6.91. The summed E-state index contributed by atoms with van der Waals surface area (Å²) in [7, 11) is 7.66. The second kappa shape index (κ2) is 16.6. The molecule has 6 aromatic rings. The predicted molar refractivity (Wildman–Crippen MR) is 224 cm³/mol. The molecule has 4 aromatic carbocycles. The van der Waals surface area contributed by atoms with Crippen LogP contribution >= 0.6 is 0 Å². The van der Waals surface area contributed by atoms with Gasteiger partial charge in [-0.1, -0.05) is 66.7 Å². The molecular weight excluding hydrogens is 729 g/mol. The number of benzene rings is 4. The van der Waals surface area contributed by atoms with Gasteiger partial charge in [0, 0.05) is 29.9 Å². The fourth-order valence-corrected chi connectivity index (χ4v) is 8.34. The molecule has 12 heteroatoms. The number of oxazole rings is 1. The number of nitrogens with zero attached hydrogens (tertiary/aromatic N) is 6. The fourth-order valence-electron chi connectivity index (χ4n) is 8.34. The zero-order valence-corrected chi connectivity index (χ0v) is 33.3. The highest BCUT2D eigenvalue weighted by atomic mass is 16.4.